The Labute approximate surface area is 103 Å². The van der Waals surface area contributed by atoms with Crippen LogP contribution in [0.4, 0.5) is 0 Å². The lowest BCUT2D eigenvalue weighted by molar-refractivity contribution is 0.0918. The molecule has 0 amide bonds. The van der Waals surface area contributed by atoms with Gasteiger partial charge >= 0.3 is 5.91 Å². The lowest BCUT2D eigenvalue weighted by Crippen LogP contribution is -2.11. The van der Waals surface area contributed by atoms with E-state index in [1.54, 1.807) is 30.6 Å². The molecule has 2 heterocycles. The number of benzene rings is 1. The Kier molecular flexibility index (Phi) is 2.53. The smallest absolute Gasteiger partial charge is 0.313 e. The molecule has 0 fully saturated rings. The van der Waals surface area contributed by atoms with E-state index in [-0.39, 0.29) is 11.7 Å². The van der Waals surface area contributed by atoms with Gasteiger partial charge in [-0.2, -0.15) is 5.10 Å². The molecule has 0 aliphatic heterocycles. The number of hydrogen-bond acceptors (Lipinski definition) is 3. The molecule has 0 N–H and O–H groups in total. The maximum Gasteiger partial charge on any atom is 0.313 e. The summed E-state index contributed by atoms with van der Waals surface area (Å²) < 4.78 is 6.79. The number of rotatable bonds is 2. The Hall–Kier alpha value is -2.62. The zero-order valence-corrected chi connectivity index (χ0v) is 9.48. The molecule has 0 aliphatic carbocycles. The van der Waals surface area contributed by atoms with E-state index in [0.717, 1.165) is 5.56 Å². The Morgan fingerprint density at radius 3 is 2.61 bits per heavy atom. The Morgan fingerprint density at radius 1 is 1.06 bits per heavy atom. The summed E-state index contributed by atoms with van der Waals surface area (Å²) in [4.78, 5) is 12.0. The van der Waals surface area contributed by atoms with E-state index in [4.69, 9.17) is 4.42 Å². The number of carbonyl (C=O) groups is 1. The molecular formula is C14H10N2O2. The fourth-order valence-electron chi connectivity index (χ4n) is 1.71. The summed E-state index contributed by atoms with van der Waals surface area (Å²) in [7, 11) is 0. The van der Waals surface area contributed by atoms with E-state index in [2.05, 4.69) is 5.10 Å². The van der Waals surface area contributed by atoms with Crippen molar-refractivity contribution in [3.63, 3.8) is 0 Å². The SMILES string of the molecule is O=C(c1ccc(-c2ccccc2)o1)n1cccn1. The second-order valence-electron chi connectivity index (χ2n) is 3.79. The van der Waals surface area contributed by atoms with Gasteiger partial charge in [-0.1, -0.05) is 30.3 Å². The molecule has 4 heteroatoms. The summed E-state index contributed by atoms with van der Waals surface area (Å²) in [6, 6.07) is 14.8. The topological polar surface area (TPSA) is 48.0 Å². The Bertz CT molecular complexity index is 654. The molecule has 0 bridgehead atoms. The van der Waals surface area contributed by atoms with Gasteiger partial charge in [-0.25, -0.2) is 4.68 Å². The van der Waals surface area contributed by atoms with Crippen molar-refractivity contribution in [1.82, 2.24) is 9.78 Å². The number of aromatic nitrogens is 2. The number of nitrogens with zero attached hydrogens (tertiary/aromatic N) is 2. The van der Waals surface area contributed by atoms with Crippen molar-refractivity contribution >= 4 is 5.91 Å². The summed E-state index contributed by atoms with van der Waals surface area (Å²) in [5.74, 6) is 0.672. The van der Waals surface area contributed by atoms with Crippen molar-refractivity contribution in [3.8, 4) is 11.3 Å². The molecule has 1 aromatic carbocycles. The van der Waals surface area contributed by atoms with Gasteiger partial charge in [0.05, 0.1) is 0 Å². The number of furan rings is 1. The van der Waals surface area contributed by atoms with E-state index in [1.165, 1.54) is 4.68 Å². The fraction of sp³-hybridized carbons (Fsp3) is 0. The molecule has 88 valence electrons. The molecule has 0 aliphatic rings. The number of hydrogen-bond donors (Lipinski definition) is 0. The molecule has 18 heavy (non-hydrogen) atoms. The van der Waals surface area contributed by atoms with Gasteiger partial charge in [0.2, 0.25) is 0 Å². The first kappa shape index (κ1) is 10.5. The molecule has 4 nitrogen and oxygen atoms in total. The highest BCUT2D eigenvalue weighted by Gasteiger charge is 2.13. The second-order valence-corrected chi connectivity index (χ2v) is 3.79. The van der Waals surface area contributed by atoms with Crippen LogP contribution in [0.3, 0.4) is 0 Å². The van der Waals surface area contributed by atoms with Crippen molar-refractivity contribution in [3.05, 3.63) is 66.7 Å². The van der Waals surface area contributed by atoms with Crippen LogP contribution in [-0.4, -0.2) is 15.7 Å². The van der Waals surface area contributed by atoms with E-state index < -0.39 is 0 Å². The van der Waals surface area contributed by atoms with Crippen molar-refractivity contribution in [2.24, 2.45) is 0 Å². The summed E-state index contributed by atoms with van der Waals surface area (Å²) >= 11 is 0. The third-order valence-electron chi connectivity index (χ3n) is 2.59. The van der Waals surface area contributed by atoms with E-state index in [1.807, 2.05) is 30.3 Å². The highest BCUT2D eigenvalue weighted by Crippen LogP contribution is 2.21. The quantitative estimate of drug-likeness (QED) is 0.689. The Morgan fingerprint density at radius 2 is 1.89 bits per heavy atom. The molecule has 0 saturated heterocycles. The van der Waals surface area contributed by atoms with Crippen LogP contribution in [0.1, 0.15) is 10.6 Å². The minimum atomic E-state index is -0.276. The third kappa shape index (κ3) is 1.84. The standard InChI is InChI=1S/C14H10N2O2/c17-14(16-10-4-9-15-16)13-8-7-12(18-13)11-5-2-1-3-6-11/h1-10H. The highest BCUT2D eigenvalue weighted by molar-refractivity contribution is 5.93. The monoisotopic (exact) mass is 238 g/mol. The zero-order chi connectivity index (χ0) is 12.4. The molecule has 0 spiro atoms. The average Bonchev–Trinajstić information content (AvgIpc) is 3.10. The van der Waals surface area contributed by atoms with Crippen LogP contribution in [0.2, 0.25) is 0 Å². The normalized spacial score (nSPS) is 10.4. The molecule has 3 rings (SSSR count). The molecule has 0 saturated carbocycles. The molecule has 3 aromatic rings. The molecular weight excluding hydrogens is 228 g/mol. The van der Waals surface area contributed by atoms with Gasteiger partial charge in [-0.05, 0) is 18.2 Å². The predicted molar refractivity (Wildman–Crippen MR) is 66.1 cm³/mol. The van der Waals surface area contributed by atoms with Gasteiger partial charge in [-0.15, -0.1) is 0 Å². The summed E-state index contributed by atoms with van der Waals surface area (Å²) in [6.45, 7) is 0. The Balaban J connectivity index is 1.93. The van der Waals surface area contributed by atoms with Crippen LogP contribution in [0.5, 0.6) is 0 Å². The minimum absolute atomic E-state index is 0.276. The van der Waals surface area contributed by atoms with Crippen molar-refractivity contribution in [2.75, 3.05) is 0 Å². The van der Waals surface area contributed by atoms with Gasteiger partial charge in [0, 0.05) is 18.0 Å². The first-order valence-corrected chi connectivity index (χ1v) is 5.54. The first-order chi connectivity index (χ1) is 8.84. The maximum absolute atomic E-state index is 12.0. The van der Waals surface area contributed by atoms with Crippen molar-refractivity contribution in [2.45, 2.75) is 0 Å². The summed E-state index contributed by atoms with van der Waals surface area (Å²) in [5.41, 5.74) is 0.942. The van der Waals surface area contributed by atoms with Crippen LogP contribution in [0.15, 0.2) is 65.3 Å². The summed E-state index contributed by atoms with van der Waals surface area (Å²) in [5, 5.41) is 3.88. The summed E-state index contributed by atoms with van der Waals surface area (Å²) in [6.07, 6.45) is 3.14. The van der Waals surface area contributed by atoms with Crippen LogP contribution in [0, 0.1) is 0 Å². The minimum Gasteiger partial charge on any atom is -0.451 e. The van der Waals surface area contributed by atoms with Gasteiger partial charge in [0.15, 0.2) is 5.76 Å². The van der Waals surface area contributed by atoms with Crippen molar-refractivity contribution < 1.29 is 9.21 Å². The van der Waals surface area contributed by atoms with E-state index in [9.17, 15) is 4.79 Å². The fourth-order valence-corrected chi connectivity index (χ4v) is 1.71. The number of carbonyl (C=O) groups excluding carboxylic acids is 1. The molecule has 0 radical (unpaired) electrons. The van der Waals surface area contributed by atoms with Crippen LogP contribution in [-0.2, 0) is 0 Å². The predicted octanol–water partition coefficient (Wildman–Crippen LogP) is 2.83. The van der Waals surface area contributed by atoms with Crippen LogP contribution >= 0.6 is 0 Å². The van der Waals surface area contributed by atoms with Crippen LogP contribution < -0.4 is 0 Å². The van der Waals surface area contributed by atoms with Crippen LogP contribution in [0.25, 0.3) is 11.3 Å². The van der Waals surface area contributed by atoms with E-state index >= 15 is 0 Å². The van der Waals surface area contributed by atoms with E-state index in [0.29, 0.717) is 5.76 Å². The van der Waals surface area contributed by atoms with Gasteiger partial charge in [-0.3, -0.25) is 4.79 Å². The molecule has 2 aromatic heterocycles. The molecule has 0 atom stereocenters. The average molecular weight is 238 g/mol. The highest BCUT2D eigenvalue weighted by atomic mass is 16.4. The van der Waals surface area contributed by atoms with Gasteiger partial charge < -0.3 is 4.42 Å². The maximum atomic E-state index is 12.0. The first-order valence-electron chi connectivity index (χ1n) is 5.54. The largest absolute Gasteiger partial charge is 0.451 e. The molecule has 0 unspecified atom stereocenters. The second kappa shape index (κ2) is 4.33. The van der Waals surface area contributed by atoms with Gasteiger partial charge in [0.1, 0.15) is 5.76 Å². The third-order valence-corrected chi connectivity index (χ3v) is 2.59. The zero-order valence-electron chi connectivity index (χ0n) is 9.48. The van der Waals surface area contributed by atoms with Gasteiger partial charge in [0.25, 0.3) is 0 Å². The lowest BCUT2D eigenvalue weighted by atomic mass is 10.2. The lowest BCUT2D eigenvalue weighted by Gasteiger charge is -1.97. The van der Waals surface area contributed by atoms with Crippen molar-refractivity contribution in [1.29, 1.82) is 0 Å².